The van der Waals surface area contributed by atoms with E-state index < -0.39 is 0 Å². The lowest BCUT2D eigenvalue weighted by Crippen LogP contribution is -2.45. The minimum Gasteiger partial charge on any atom is -0.490 e. The van der Waals surface area contributed by atoms with Crippen LogP contribution in [-0.2, 0) is 4.79 Å². The van der Waals surface area contributed by atoms with Gasteiger partial charge in [0.05, 0.1) is 19.3 Å². The molecule has 0 atom stereocenters. The Morgan fingerprint density at radius 3 is 2.85 bits per heavy atom. The molecule has 2 aromatic rings. The molecule has 2 aliphatic rings. The summed E-state index contributed by atoms with van der Waals surface area (Å²) in [5, 5.41) is 0. The second-order valence-corrected chi connectivity index (χ2v) is 6.61. The topological polar surface area (TPSA) is 67.8 Å². The van der Waals surface area contributed by atoms with Crippen LogP contribution in [0.25, 0.3) is 0 Å². The van der Waals surface area contributed by atoms with E-state index in [4.69, 9.17) is 9.47 Å². The van der Waals surface area contributed by atoms with Crippen LogP contribution in [0.15, 0.2) is 30.5 Å². The fourth-order valence-corrected chi connectivity index (χ4v) is 3.57. The van der Waals surface area contributed by atoms with Gasteiger partial charge in [0.1, 0.15) is 18.2 Å². The molecule has 1 aromatic heterocycles. The van der Waals surface area contributed by atoms with Gasteiger partial charge in [0, 0.05) is 37.3 Å². The average molecular weight is 372 g/mol. The zero-order valence-corrected chi connectivity index (χ0v) is 15.1. The first-order chi connectivity index (χ1) is 13.2. The van der Waals surface area contributed by atoms with Crippen molar-refractivity contribution >= 4 is 17.5 Å². The molecule has 2 aliphatic heterocycles. The lowest BCUT2D eigenvalue weighted by molar-refractivity contribution is -0.123. The standard InChI is InChI=1S/C19H21FN4O3/c1-26-17-4-7-21-19(22-17)23-8-5-13(6-9-23)18(25)24-10-11-27-16-3-2-14(20)12-15(16)24/h2-4,7,12-13H,5-6,8-11H2,1H3. The first-order valence-corrected chi connectivity index (χ1v) is 9.01. The van der Waals surface area contributed by atoms with Gasteiger partial charge in [0.2, 0.25) is 17.7 Å². The van der Waals surface area contributed by atoms with Crippen molar-refractivity contribution in [2.24, 2.45) is 5.92 Å². The highest BCUT2D eigenvalue weighted by Crippen LogP contribution is 2.34. The number of hydrogen-bond acceptors (Lipinski definition) is 6. The minimum atomic E-state index is -0.373. The van der Waals surface area contributed by atoms with Crippen LogP contribution in [0.4, 0.5) is 16.0 Å². The Kier molecular flexibility index (Phi) is 4.79. The van der Waals surface area contributed by atoms with Crippen molar-refractivity contribution in [2.45, 2.75) is 12.8 Å². The van der Waals surface area contributed by atoms with Crippen LogP contribution in [0.3, 0.4) is 0 Å². The highest BCUT2D eigenvalue weighted by atomic mass is 19.1. The molecule has 0 bridgehead atoms. The van der Waals surface area contributed by atoms with E-state index in [9.17, 15) is 9.18 Å². The Bertz CT molecular complexity index is 839. The summed E-state index contributed by atoms with van der Waals surface area (Å²) in [6, 6.07) is 5.99. The summed E-state index contributed by atoms with van der Waals surface area (Å²) in [6.07, 6.45) is 3.06. The Morgan fingerprint density at radius 1 is 1.26 bits per heavy atom. The molecule has 1 fully saturated rings. The van der Waals surface area contributed by atoms with Gasteiger partial charge in [-0.05, 0) is 25.0 Å². The predicted molar refractivity (Wildman–Crippen MR) is 97.8 cm³/mol. The van der Waals surface area contributed by atoms with Crippen molar-refractivity contribution in [3.63, 3.8) is 0 Å². The average Bonchev–Trinajstić information content (AvgIpc) is 2.73. The third-order valence-electron chi connectivity index (χ3n) is 5.00. The van der Waals surface area contributed by atoms with Crippen molar-refractivity contribution in [1.29, 1.82) is 0 Å². The molecule has 8 heteroatoms. The smallest absolute Gasteiger partial charge is 0.230 e. The lowest BCUT2D eigenvalue weighted by Gasteiger charge is -2.36. The number of hydrogen-bond donors (Lipinski definition) is 0. The van der Waals surface area contributed by atoms with Crippen molar-refractivity contribution in [3.8, 4) is 11.6 Å². The van der Waals surface area contributed by atoms with Crippen molar-refractivity contribution in [1.82, 2.24) is 9.97 Å². The normalized spacial score (nSPS) is 17.3. The number of benzene rings is 1. The van der Waals surface area contributed by atoms with Crippen molar-refractivity contribution in [3.05, 3.63) is 36.3 Å². The van der Waals surface area contributed by atoms with Crippen LogP contribution in [0.1, 0.15) is 12.8 Å². The summed E-state index contributed by atoms with van der Waals surface area (Å²) in [5.74, 6) is 1.22. The molecule has 1 amide bonds. The van der Waals surface area contributed by atoms with E-state index in [1.165, 1.54) is 12.1 Å². The monoisotopic (exact) mass is 372 g/mol. The summed E-state index contributed by atoms with van der Waals surface area (Å²) in [4.78, 5) is 25.4. The molecule has 142 valence electrons. The predicted octanol–water partition coefficient (Wildman–Crippen LogP) is 2.27. The van der Waals surface area contributed by atoms with Gasteiger partial charge >= 0.3 is 0 Å². The Labute approximate surface area is 156 Å². The molecule has 0 saturated carbocycles. The van der Waals surface area contributed by atoms with Crippen LogP contribution in [0.5, 0.6) is 11.6 Å². The molecule has 0 spiro atoms. The van der Waals surface area contributed by atoms with Crippen LogP contribution in [0.2, 0.25) is 0 Å². The summed E-state index contributed by atoms with van der Waals surface area (Å²) in [7, 11) is 1.57. The minimum absolute atomic E-state index is 0.0244. The highest BCUT2D eigenvalue weighted by Gasteiger charge is 2.32. The van der Waals surface area contributed by atoms with Gasteiger partial charge in [-0.3, -0.25) is 4.79 Å². The highest BCUT2D eigenvalue weighted by molar-refractivity contribution is 5.97. The van der Waals surface area contributed by atoms with Gasteiger partial charge < -0.3 is 19.3 Å². The molecule has 1 aromatic carbocycles. The SMILES string of the molecule is COc1ccnc(N2CCC(C(=O)N3CCOc4ccc(F)cc43)CC2)n1. The molecular formula is C19H21FN4O3. The number of nitrogens with zero attached hydrogens (tertiary/aromatic N) is 4. The van der Waals surface area contributed by atoms with Crippen LogP contribution < -0.4 is 19.3 Å². The molecule has 4 rings (SSSR count). The van der Waals surface area contributed by atoms with Gasteiger partial charge in [-0.2, -0.15) is 4.98 Å². The molecule has 1 saturated heterocycles. The second kappa shape index (κ2) is 7.38. The van der Waals surface area contributed by atoms with Crippen LogP contribution >= 0.6 is 0 Å². The van der Waals surface area contributed by atoms with E-state index in [0.717, 1.165) is 0 Å². The molecule has 0 N–H and O–H groups in total. The second-order valence-electron chi connectivity index (χ2n) is 6.61. The lowest BCUT2D eigenvalue weighted by atomic mass is 9.95. The maximum absolute atomic E-state index is 13.7. The van der Waals surface area contributed by atoms with E-state index in [1.807, 2.05) is 0 Å². The summed E-state index contributed by atoms with van der Waals surface area (Å²) in [6.45, 7) is 2.23. The number of piperidine rings is 1. The number of aromatic nitrogens is 2. The van der Waals surface area contributed by atoms with Gasteiger partial charge in [-0.25, -0.2) is 9.37 Å². The van der Waals surface area contributed by atoms with Crippen molar-refractivity contribution < 1.29 is 18.7 Å². The van der Waals surface area contributed by atoms with E-state index in [-0.39, 0.29) is 17.6 Å². The fourth-order valence-electron chi connectivity index (χ4n) is 3.57. The largest absolute Gasteiger partial charge is 0.490 e. The number of carbonyl (C=O) groups excluding carboxylic acids is 1. The molecule has 0 radical (unpaired) electrons. The number of anilines is 2. The number of amides is 1. The van der Waals surface area contributed by atoms with E-state index in [2.05, 4.69) is 14.9 Å². The zero-order valence-electron chi connectivity index (χ0n) is 15.1. The summed E-state index contributed by atoms with van der Waals surface area (Å²) < 4.78 is 24.3. The first kappa shape index (κ1) is 17.5. The molecule has 3 heterocycles. The summed E-state index contributed by atoms with van der Waals surface area (Å²) >= 11 is 0. The Hall–Kier alpha value is -2.90. The third kappa shape index (κ3) is 3.51. The Balaban J connectivity index is 1.44. The number of ether oxygens (including phenoxy) is 2. The maximum atomic E-state index is 13.7. The molecule has 27 heavy (non-hydrogen) atoms. The van der Waals surface area contributed by atoms with E-state index >= 15 is 0 Å². The maximum Gasteiger partial charge on any atom is 0.230 e. The fraction of sp³-hybridized carbons (Fsp3) is 0.421. The third-order valence-corrected chi connectivity index (χ3v) is 5.00. The van der Waals surface area contributed by atoms with Crippen molar-refractivity contribution in [2.75, 3.05) is 43.2 Å². The Morgan fingerprint density at radius 2 is 2.07 bits per heavy atom. The van der Waals surface area contributed by atoms with E-state index in [0.29, 0.717) is 62.3 Å². The van der Waals surface area contributed by atoms with E-state index in [1.54, 1.807) is 30.3 Å². The molecule has 7 nitrogen and oxygen atoms in total. The van der Waals surface area contributed by atoms with Gasteiger partial charge in [0.25, 0.3) is 0 Å². The molecule has 0 unspecified atom stereocenters. The number of rotatable bonds is 3. The van der Waals surface area contributed by atoms with Crippen LogP contribution in [-0.4, -0.2) is 49.2 Å². The number of halogens is 1. The van der Waals surface area contributed by atoms with Crippen LogP contribution in [0, 0.1) is 11.7 Å². The summed E-state index contributed by atoms with van der Waals surface area (Å²) in [5.41, 5.74) is 0.518. The first-order valence-electron chi connectivity index (χ1n) is 9.01. The molecular weight excluding hydrogens is 351 g/mol. The zero-order chi connectivity index (χ0) is 18.8. The number of methoxy groups -OCH3 is 1. The number of fused-ring (bicyclic) bond motifs is 1. The van der Waals surface area contributed by atoms with Gasteiger partial charge in [-0.1, -0.05) is 0 Å². The van der Waals surface area contributed by atoms with Gasteiger partial charge in [0.15, 0.2) is 0 Å². The number of carbonyl (C=O) groups is 1. The quantitative estimate of drug-likeness (QED) is 0.823. The van der Waals surface area contributed by atoms with Gasteiger partial charge in [-0.15, -0.1) is 0 Å². The molecule has 0 aliphatic carbocycles.